The fraction of sp³-hybridized carbons (Fsp3) is 0.389. The van der Waals surface area contributed by atoms with Crippen molar-refractivity contribution in [2.75, 3.05) is 42.9 Å². The van der Waals surface area contributed by atoms with Gasteiger partial charge in [0, 0.05) is 44.3 Å². The first-order chi connectivity index (χ1) is 11.6. The number of piperazine rings is 1. The molecule has 1 aliphatic heterocycles. The van der Waals surface area contributed by atoms with E-state index in [4.69, 9.17) is 0 Å². The van der Waals surface area contributed by atoms with Crippen LogP contribution < -0.4 is 10.2 Å². The summed E-state index contributed by atoms with van der Waals surface area (Å²) in [5.74, 6) is 0.864. The Balaban J connectivity index is 1.51. The van der Waals surface area contributed by atoms with Crippen molar-refractivity contribution < 1.29 is 4.79 Å². The van der Waals surface area contributed by atoms with Gasteiger partial charge in [-0.05, 0) is 37.1 Å². The summed E-state index contributed by atoms with van der Waals surface area (Å²) >= 11 is 0. The van der Waals surface area contributed by atoms with Gasteiger partial charge in [0.15, 0.2) is 0 Å². The monoisotopic (exact) mass is 325 g/mol. The minimum Gasteiger partial charge on any atom is -0.376 e. The number of carbonyl (C=O) groups is 1. The number of hydrogen-bond donors (Lipinski definition) is 1. The zero-order chi connectivity index (χ0) is 16.9. The average Bonchev–Trinajstić information content (AvgIpc) is 2.63. The Hall–Kier alpha value is -2.63. The second kappa shape index (κ2) is 7.29. The predicted molar refractivity (Wildman–Crippen MR) is 95.2 cm³/mol. The first kappa shape index (κ1) is 16.2. The van der Waals surface area contributed by atoms with E-state index in [1.165, 1.54) is 5.56 Å². The van der Waals surface area contributed by atoms with Gasteiger partial charge in [-0.25, -0.2) is 9.97 Å². The van der Waals surface area contributed by atoms with Gasteiger partial charge in [-0.3, -0.25) is 4.79 Å². The van der Waals surface area contributed by atoms with Crippen LogP contribution in [0.3, 0.4) is 0 Å². The largest absolute Gasteiger partial charge is 0.376 e. The summed E-state index contributed by atoms with van der Waals surface area (Å²) in [7, 11) is 0. The second-order valence-electron chi connectivity index (χ2n) is 6.09. The molecule has 126 valence electrons. The summed E-state index contributed by atoms with van der Waals surface area (Å²) in [6.45, 7) is 7.35. The zero-order valence-electron chi connectivity index (χ0n) is 14.2. The number of benzene rings is 1. The number of aromatic nitrogens is 2. The maximum absolute atomic E-state index is 12.4. The fourth-order valence-corrected chi connectivity index (χ4v) is 2.82. The molecule has 24 heavy (non-hydrogen) atoms. The lowest BCUT2D eigenvalue weighted by atomic mass is 10.1. The van der Waals surface area contributed by atoms with Crippen molar-refractivity contribution in [3.8, 4) is 0 Å². The molecule has 0 radical (unpaired) electrons. The van der Waals surface area contributed by atoms with Crippen LogP contribution in [0.25, 0.3) is 0 Å². The van der Waals surface area contributed by atoms with Crippen LogP contribution in [0.5, 0.6) is 0 Å². The number of aryl methyl sites for hydroxylation is 2. The highest BCUT2D eigenvalue weighted by molar-refractivity contribution is 5.81. The van der Waals surface area contributed by atoms with Crippen molar-refractivity contribution in [2.24, 2.45) is 0 Å². The Morgan fingerprint density at radius 3 is 2.54 bits per heavy atom. The van der Waals surface area contributed by atoms with Crippen molar-refractivity contribution >= 4 is 17.5 Å². The van der Waals surface area contributed by atoms with E-state index < -0.39 is 0 Å². The van der Waals surface area contributed by atoms with Crippen LogP contribution in [0.2, 0.25) is 0 Å². The Morgan fingerprint density at radius 1 is 1.12 bits per heavy atom. The molecule has 1 aliphatic rings. The lowest BCUT2D eigenvalue weighted by Gasteiger charge is -2.34. The normalized spacial score (nSPS) is 14.6. The first-order valence-corrected chi connectivity index (χ1v) is 8.24. The van der Waals surface area contributed by atoms with Gasteiger partial charge in [0.2, 0.25) is 11.9 Å². The van der Waals surface area contributed by atoms with Crippen molar-refractivity contribution in [3.05, 3.63) is 47.8 Å². The molecule has 0 atom stereocenters. The van der Waals surface area contributed by atoms with Gasteiger partial charge in [-0.15, -0.1) is 0 Å². The van der Waals surface area contributed by atoms with Crippen LogP contribution in [0, 0.1) is 13.8 Å². The Morgan fingerprint density at radius 2 is 1.83 bits per heavy atom. The number of nitrogens with zero attached hydrogens (tertiary/aromatic N) is 4. The molecule has 1 amide bonds. The van der Waals surface area contributed by atoms with E-state index in [9.17, 15) is 4.79 Å². The molecular weight excluding hydrogens is 302 g/mol. The summed E-state index contributed by atoms with van der Waals surface area (Å²) < 4.78 is 0. The van der Waals surface area contributed by atoms with Gasteiger partial charge in [-0.2, -0.15) is 0 Å². The molecule has 6 nitrogen and oxygen atoms in total. The van der Waals surface area contributed by atoms with E-state index in [1.807, 2.05) is 17.9 Å². The molecule has 1 fully saturated rings. The summed E-state index contributed by atoms with van der Waals surface area (Å²) in [5.41, 5.74) is 3.37. The topological polar surface area (TPSA) is 61.4 Å². The van der Waals surface area contributed by atoms with E-state index in [-0.39, 0.29) is 5.91 Å². The van der Waals surface area contributed by atoms with Crippen molar-refractivity contribution in [3.63, 3.8) is 0 Å². The van der Waals surface area contributed by atoms with Crippen LogP contribution in [0.1, 0.15) is 11.1 Å². The van der Waals surface area contributed by atoms with Crippen molar-refractivity contribution in [1.82, 2.24) is 14.9 Å². The van der Waals surface area contributed by atoms with Crippen LogP contribution >= 0.6 is 0 Å². The summed E-state index contributed by atoms with van der Waals surface area (Å²) in [4.78, 5) is 25.0. The summed E-state index contributed by atoms with van der Waals surface area (Å²) in [5, 5.41) is 3.26. The van der Waals surface area contributed by atoms with Crippen LogP contribution in [-0.2, 0) is 4.79 Å². The Kier molecular flexibility index (Phi) is 4.93. The van der Waals surface area contributed by atoms with Crippen LogP contribution in [-0.4, -0.2) is 53.5 Å². The third kappa shape index (κ3) is 3.82. The number of hydrogen-bond acceptors (Lipinski definition) is 5. The number of anilines is 2. The molecule has 6 heteroatoms. The number of nitrogens with one attached hydrogen (secondary N) is 1. The van der Waals surface area contributed by atoms with E-state index in [0.29, 0.717) is 19.6 Å². The van der Waals surface area contributed by atoms with Crippen molar-refractivity contribution in [1.29, 1.82) is 0 Å². The van der Waals surface area contributed by atoms with E-state index in [0.717, 1.165) is 30.3 Å². The molecule has 0 bridgehead atoms. The molecule has 1 saturated heterocycles. The summed E-state index contributed by atoms with van der Waals surface area (Å²) in [6, 6.07) is 8.03. The SMILES string of the molecule is Cc1ccc(C)c(NCC(=O)N2CCN(c3ncccn3)CC2)c1. The lowest BCUT2D eigenvalue weighted by Crippen LogP contribution is -2.50. The van der Waals surface area contributed by atoms with Gasteiger partial charge in [0.25, 0.3) is 0 Å². The number of carbonyl (C=O) groups excluding carboxylic acids is 1. The van der Waals surface area contributed by atoms with Gasteiger partial charge in [0.05, 0.1) is 6.54 Å². The van der Waals surface area contributed by atoms with E-state index >= 15 is 0 Å². The number of amides is 1. The third-order valence-corrected chi connectivity index (χ3v) is 4.29. The molecule has 0 saturated carbocycles. The van der Waals surface area contributed by atoms with E-state index in [2.05, 4.69) is 45.3 Å². The summed E-state index contributed by atoms with van der Waals surface area (Å²) in [6.07, 6.45) is 3.49. The second-order valence-corrected chi connectivity index (χ2v) is 6.09. The average molecular weight is 325 g/mol. The standard InChI is InChI=1S/C18H23N5O/c1-14-4-5-15(2)16(12-14)21-13-17(24)22-8-10-23(11-9-22)18-19-6-3-7-20-18/h3-7,12,21H,8-11,13H2,1-2H3. The fourth-order valence-electron chi connectivity index (χ4n) is 2.82. The highest BCUT2D eigenvalue weighted by Gasteiger charge is 2.22. The molecule has 0 aliphatic carbocycles. The molecule has 3 rings (SSSR count). The molecule has 1 aromatic carbocycles. The quantitative estimate of drug-likeness (QED) is 0.930. The first-order valence-electron chi connectivity index (χ1n) is 8.24. The van der Waals surface area contributed by atoms with Gasteiger partial charge in [0.1, 0.15) is 0 Å². The zero-order valence-corrected chi connectivity index (χ0v) is 14.2. The Labute approximate surface area is 142 Å². The van der Waals surface area contributed by atoms with Gasteiger partial charge in [-0.1, -0.05) is 12.1 Å². The number of rotatable bonds is 4. The highest BCUT2D eigenvalue weighted by Crippen LogP contribution is 2.16. The van der Waals surface area contributed by atoms with Crippen LogP contribution in [0.15, 0.2) is 36.7 Å². The smallest absolute Gasteiger partial charge is 0.241 e. The maximum atomic E-state index is 12.4. The van der Waals surface area contributed by atoms with E-state index in [1.54, 1.807) is 12.4 Å². The predicted octanol–water partition coefficient (Wildman–Crippen LogP) is 1.85. The molecule has 0 spiro atoms. The molecule has 1 aromatic heterocycles. The molecular formula is C18H23N5O. The molecule has 2 aromatic rings. The Bertz CT molecular complexity index is 696. The maximum Gasteiger partial charge on any atom is 0.241 e. The molecule has 1 N–H and O–H groups in total. The van der Waals surface area contributed by atoms with Crippen molar-refractivity contribution in [2.45, 2.75) is 13.8 Å². The van der Waals surface area contributed by atoms with Gasteiger partial charge < -0.3 is 15.1 Å². The van der Waals surface area contributed by atoms with Crippen LogP contribution in [0.4, 0.5) is 11.6 Å². The lowest BCUT2D eigenvalue weighted by molar-refractivity contribution is -0.129. The van der Waals surface area contributed by atoms with Gasteiger partial charge >= 0.3 is 0 Å². The molecule has 2 heterocycles. The molecule has 0 unspecified atom stereocenters. The highest BCUT2D eigenvalue weighted by atomic mass is 16.2. The third-order valence-electron chi connectivity index (χ3n) is 4.29. The minimum absolute atomic E-state index is 0.129. The minimum atomic E-state index is 0.129.